The normalized spacial score (nSPS) is 39.3. The van der Waals surface area contributed by atoms with E-state index >= 15 is 0 Å². The number of piperidine rings is 2. The van der Waals surface area contributed by atoms with Crippen molar-refractivity contribution in [1.82, 2.24) is 41.7 Å². The second-order valence-electron chi connectivity index (χ2n) is 14.2. The van der Waals surface area contributed by atoms with Crippen molar-refractivity contribution in [2.75, 3.05) is 52.6 Å². The first-order valence-corrected chi connectivity index (χ1v) is 17.3. The van der Waals surface area contributed by atoms with Crippen LogP contribution in [0.3, 0.4) is 0 Å². The zero-order chi connectivity index (χ0) is 30.6. The Morgan fingerprint density at radius 2 is 1.86 bits per heavy atom. The number of fused-ring (bicyclic) bond motifs is 1. The number of nitrogens with one attached hydrogen (secondary N) is 6. The second-order valence-corrected chi connectivity index (χ2v) is 14.2. The Bertz CT molecular complexity index is 965. The average molecular weight is 621 g/mol. The molecule has 0 aromatic heterocycles. The molecule has 0 bridgehead atoms. The van der Waals surface area contributed by atoms with E-state index in [1.807, 2.05) is 4.90 Å². The van der Waals surface area contributed by atoms with Gasteiger partial charge in [0.15, 0.2) is 0 Å². The molecule has 1 aliphatic carbocycles. The standard InChI is InChI=1S/C31H56N8O5/c1-19-28(44-18-34-19)17-43-24-7-6-21-11-25(32-13-22(21)10-24)27(41)14-33-30(42)26-12-29(35-23-15-39(16-23)20(2)40)37-31(36-26)38-8-4-3-5-9-38/h19,21-29,31-32,34-37,41H,3-18H2,1-2H3,(H,33,42)/t19?,21?,22?,24?,25-,26?,27-,28?,29?,31?/m0/s1. The van der Waals surface area contributed by atoms with E-state index in [0.717, 1.165) is 58.2 Å². The van der Waals surface area contributed by atoms with Crippen molar-refractivity contribution in [2.45, 2.75) is 120 Å². The number of carbonyl (C=O) groups excluding carboxylic acids is 2. The summed E-state index contributed by atoms with van der Waals surface area (Å²) < 4.78 is 12.0. The highest BCUT2D eigenvalue weighted by atomic mass is 16.5. The van der Waals surface area contributed by atoms with Crippen LogP contribution in [0.15, 0.2) is 0 Å². The molecule has 6 rings (SSSR count). The molecule has 2 amide bonds. The summed E-state index contributed by atoms with van der Waals surface area (Å²) in [5.74, 6) is 1.16. The van der Waals surface area contributed by atoms with Crippen LogP contribution in [-0.4, -0.2) is 134 Å². The lowest BCUT2D eigenvalue weighted by atomic mass is 9.72. The fourth-order valence-electron chi connectivity index (χ4n) is 8.07. The van der Waals surface area contributed by atoms with Crippen LogP contribution in [0.25, 0.3) is 0 Å². The topological polar surface area (TPSA) is 151 Å². The van der Waals surface area contributed by atoms with Gasteiger partial charge in [-0.3, -0.25) is 35.8 Å². The van der Waals surface area contributed by atoms with E-state index in [4.69, 9.17) is 9.47 Å². The number of aliphatic hydroxyl groups is 1. The molecule has 7 N–H and O–H groups in total. The summed E-state index contributed by atoms with van der Waals surface area (Å²) in [6, 6.07) is 0.168. The number of nitrogens with zero attached hydrogens (tertiary/aromatic N) is 2. The number of rotatable bonds is 10. The third-order valence-electron chi connectivity index (χ3n) is 11.0. The van der Waals surface area contributed by atoms with Gasteiger partial charge in [-0.25, -0.2) is 0 Å². The molecular weight excluding hydrogens is 564 g/mol. The van der Waals surface area contributed by atoms with E-state index in [1.54, 1.807) is 6.92 Å². The summed E-state index contributed by atoms with van der Waals surface area (Å²) in [5, 5.41) is 31.9. The lowest BCUT2D eigenvalue weighted by Gasteiger charge is -2.47. The van der Waals surface area contributed by atoms with E-state index in [1.165, 1.54) is 6.42 Å². The van der Waals surface area contributed by atoms with E-state index in [9.17, 15) is 14.7 Å². The van der Waals surface area contributed by atoms with Crippen LogP contribution >= 0.6 is 0 Å². The summed E-state index contributed by atoms with van der Waals surface area (Å²) >= 11 is 0. The summed E-state index contributed by atoms with van der Waals surface area (Å²) in [7, 11) is 0. The van der Waals surface area contributed by atoms with Gasteiger partial charge in [0.05, 0.1) is 43.9 Å². The molecule has 250 valence electrons. The zero-order valence-electron chi connectivity index (χ0n) is 26.6. The fourth-order valence-corrected chi connectivity index (χ4v) is 8.07. The van der Waals surface area contributed by atoms with Gasteiger partial charge in [0.1, 0.15) is 6.29 Å². The van der Waals surface area contributed by atoms with Gasteiger partial charge in [-0.05, 0) is 63.8 Å². The lowest BCUT2D eigenvalue weighted by molar-refractivity contribution is -0.133. The van der Waals surface area contributed by atoms with Crippen molar-refractivity contribution in [3.63, 3.8) is 0 Å². The van der Waals surface area contributed by atoms with Gasteiger partial charge in [0.2, 0.25) is 11.8 Å². The maximum absolute atomic E-state index is 13.5. The van der Waals surface area contributed by atoms with Gasteiger partial charge < -0.3 is 30.1 Å². The minimum Gasteiger partial charge on any atom is -0.390 e. The molecule has 1 saturated carbocycles. The summed E-state index contributed by atoms with van der Waals surface area (Å²) in [6.45, 7) is 9.51. The van der Waals surface area contributed by atoms with Crippen LogP contribution in [0.5, 0.6) is 0 Å². The summed E-state index contributed by atoms with van der Waals surface area (Å²) in [5.41, 5.74) is 0. The smallest absolute Gasteiger partial charge is 0.237 e. The van der Waals surface area contributed by atoms with Crippen molar-refractivity contribution >= 4 is 11.8 Å². The summed E-state index contributed by atoms with van der Waals surface area (Å²) in [4.78, 5) is 29.3. The maximum atomic E-state index is 13.5. The number of hydrogen-bond acceptors (Lipinski definition) is 11. The first-order valence-electron chi connectivity index (χ1n) is 17.3. The van der Waals surface area contributed by atoms with Crippen molar-refractivity contribution in [3.8, 4) is 0 Å². The van der Waals surface area contributed by atoms with Gasteiger partial charge in [0, 0.05) is 64.2 Å². The first kappa shape index (κ1) is 32.5. The Morgan fingerprint density at radius 3 is 2.61 bits per heavy atom. The highest BCUT2D eigenvalue weighted by molar-refractivity contribution is 5.82. The van der Waals surface area contributed by atoms with E-state index in [-0.39, 0.29) is 61.1 Å². The van der Waals surface area contributed by atoms with Crippen molar-refractivity contribution < 1.29 is 24.2 Å². The van der Waals surface area contributed by atoms with Crippen molar-refractivity contribution in [2.24, 2.45) is 11.8 Å². The van der Waals surface area contributed by atoms with Gasteiger partial charge >= 0.3 is 0 Å². The lowest BCUT2D eigenvalue weighted by Crippen LogP contribution is -2.73. The van der Waals surface area contributed by atoms with Crippen LogP contribution in [0.2, 0.25) is 0 Å². The molecule has 5 saturated heterocycles. The number of carbonyl (C=O) groups is 2. The molecule has 8 unspecified atom stereocenters. The molecule has 13 nitrogen and oxygen atoms in total. The van der Waals surface area contributed by atoms with Gasteiger partial charge in [0.25, 0.3) is 0 Å². The first-order chi connectivity index (χ1) is 21.3. The highest BCUT2D eigenvalue weighted by Crippen LogP contribution is 2.37. The third kappa shape index (κ3) is 8.10. The molecule has 5 aliphatic heterocycles. The second kappa shape index (κ2) is 15.0. The Labute approximate surface area is 262 Å². The van der Waals surface area contributed by atoms with Crippen LogP contribution in [-0.2, 0) is 19.1 Å². The van der Waals surface area contributed by atoms with Crippen molar-refractivity contribution in [1.29, 1.82) is 0 Å². The number of likely N-dealkylation sites (tertiary alicyclic amines) is 2. The molecule has 6 fully saturated rings. The van der Waals surface area contributed by atoms with Gasteiger partial charge in [-0.15, -0.1) is 0 Å². The number of aliphatic hydroxyl groups excluding tert-OH is 1. The molecule has 0 spiro atoms. The molecule has 0 radical (unpaired) electrons. The van der Waals surface area contributed by atoms with E-state index in [0.29, 0.717) is 50.7 Å². The molecule has 0 aromatic carbocycles. The zero-order valence-corrected chi connectivity index (χ0v) is 26.6. The Morgan fingerprint density at radius 1 is 1.05 bits per heavy atom. The predicted octanol–water partition coefficient (Wildman–Crippen LogP) is -1.17. The SMILES string of the molecule is CC(=O)N1CC(NC2CC(C(=O)NC[C@H](O)[C@@H]3CC4CCC(OCC5OCNC5C)CC4CN3)NC(N3CCCCC3)N2)C1. The Balaban J connectivity index is 0.949. The minimum atomic E-state index is -0.636. The van der Waals surface area contributed by atoms with Gasteiger partial charge in [-0.1, -0.05) is 6.42 Å². The molecular formula is C31H56N8O5. The van der Waals surface area contributed by atoms with Crippen LogP contribution in [0.4, 0.5) is 0 Å². The molecule has 5 heterocycles. The average Bonchev–Trinajstić information content (AvgIpc) is 3.44. The van der Waals surface area contributed by atoms with Crippen LogP contribution in [0.1, 0.15) is 65.2 Å². The number of hydrogen-bond donors (Lipinski definition) is 7. The number of amides is 2. The molecule has 0 aromatic rings. The third-order valence-corrected chi connectivity index (χ3v) is 11.0. The van der Waals surface area contributed by atoms with E-state index in [2.05, 4.69) is 43.7 Å². The van der Waals surface area contributed by atoms with Crippen LogP contribution < -0.4 is 31.9 Å². The van der Waals surface area contributed by atoms with E-state index < -0.39 is 6.10 Å². The molecule has 6 aliphatic rings. The molecule has 13 heteroatoms. The Hall–Kier alpha value is -1.42. The predicted molar refractivity (Wildman–Crippen MR) is 165 cm³/mol. The largest absolute Gasteiger partial charge is 0.390 e. The Kier molecular flexibility index (Phi) is 11.1. The summed E-state index contributed by atoms with van der Waals surface area (Å²) in [6.07, 6.45) is 7.95. The monoisotopic (exact) mass is 620 g/mol. The van der Waals surface area contributed by atoms with Crippen LogP contribution in [0, 0.1) is 11.8 Å². The van der Waals surface area contributed by atoms with Crippen molar-refractivity contribution in [3.05, 3.63) is 0 Å². The maximum Gasteiger partial charge on any atom is 0.237 e. The van der Waals surface area contributed by atoms with Gasteiger partial charge in [-0.2, -0.15) is 0 Å². The molecule has 10 atom stereocenters. The minimum absolute atomic E-state index is 0.0211. The number of ether oxygens (including phenoxy) is 2. The fraction of sp³-hybridized carbons (Fsp3) is 0.935. The quantitative estimate of drug-likeness (QED) is 0.158. The highest BCUT2D eigenvalue weighted by Gasteiger charge is 2.40. The molecule has 44 heavy (non-hydrogen) atoms.